The molecule has 4 heterocycles. The van der Waals surface area contributed by atoms with Crippen molar-refractivity contribution in [3.05, 3.63) is 47.3 Å². The Bertz CT molecular complexity index is 1090. The van der Waals surface area contributed by atoms with Gasteiger partial charge in [-0.15, -0.1) is 0 Å². The fraction of sp³-hybridized carbons (Fsp3) is 0.480. The van der Waals surface area contributed by atoms with E-state index in [9.17, 15) is 14.4 Å². The van der Waals surface area contributed by atoms with Gasteiger partial charge in [-0.3, -0.25) is 19.3 Å². The van der Waals surface area contributed by atoms with Crippen molar-refractivity contribution < 1.29 is 14.4 Å². The van der Waals surface area contributed by atoms with Crippen LogP contribution in [-0.4, -0.2) is 82.8 Å². The number of rotatable bonds is 4. The van der Waals surface area contributed by atoms with Gasteiger partial charge in [-0.25, -0.2) is 9.97 Å². The van der Waals surface area contributed by atoms with Gasteiger partial charge < -0.3 is 14.7 Å². The molecule has 1 aromatic heterocycles. The third kappa shape index (κ3) is 3.99. The number of benzene rings is 1. The first-order valence-corrected chi connectivity index (χ1v) is 12.1. The van der Waals surface area contributed by atoms with E-state index in [0.29, 0.717) is 37.3 Å². The molecule has 178 valence electrons. The average molecular weight is 463 g/mol. The minimum absolute atomic E-state index is 0.206. The first-order valence-electron chi connectivity index (χ1n) is 12.1. The number of hydrogen-bond donors (Lipinski definition) is 0. The Morgan fingerprint density at radius 1 is 0.824 bits per heavy atom. The Balaban J connectivity index is 1.24. The molecule has 0 saturated carbocycles. The SMILES string of the molecule is Cc1nc(N2CCCCC2)cc(N2CCN(C(=O)C(C)N3C(=O)c4ccccc4C3=O)CC2)n1. The molecule has 1 atom stereocenters. The summed E-state index contributed by atoms with van der Waals surface area (Å²) in [5, 5.41) is 0. The van der Waals surface area contributed by atoms with Crippen LogP contribution in [0.2, 0.25) is 0 Å². The molecule has 0 radical (unpaired) electrons. The van der Waals surface area contributed by atoms with E-state index < -0.39 is 17.9 Å². The molecular formula is C25H30N6O3. The van der Waals surface area contributed by atoms with Crippen LogP contribution in [0.25, 0.3) is 0 Å². The van der Waals surface area contributed by atoms with E-state index in [4.69, 9.17) is 0 Å². The molecule has 1 unspecified atom stereocenters. The average Bonchev–Trinajstić information content (AvgIpc) is 3.13. The number of piperazine rings is 1. The van der Waals surface area contributed by atoms with Crippen LogP contribution in [0.3, 0.4) is 0 Å². The van der Waals surface area contributed by atoms with Gasteiger partial charge in [-0.05, 0) is 45.2 Å². The second-order valence-electron chi connectivity index (χ2n) is 9.19. The lowest BCUT2D eigenvalue weighted by Gasteiger charge is -2.38. The fourth-order valence-corrected chi connectivity index (χ4v) is 5.07. The number of carbonyl (C=O) groups is 3. The molecule has 0 bridgehead atoms. The lowest BCUT2D eigenvalue weighted by Crippen LogP contribution is -2.55. The number of fused-ring (bicyclic) bond motifs is 1. The molecule has 0 N–H and O–H groups in total. The predicted octanol–water partition coefficient (Wildman–Crippen LogP) is 2.11. The summed E-state index contributed by atoms with van der Waals surface area (Å²) in [4.78, 5) is 55.4. The lowest BCUT2D eigenvalue weighted by molar-refractivity contribution is -0.135. The van der Waals surface area contributed by atoms with Crippen LogP contribution in [0.1, 0.15) is 52.7 Å². The smallest absolute Gasteiger partial charge is 0.262 e. The van der Waals surface area contributed by atoms with Crippen LogP contribution in [-0.2, 0) is 4.79 Å². The Morgan fingerprint density at radius 2 is 1.35 bits per heavy atom. The number of piperidine rings is 1. The van der Waals surface area contributed by atoms with Crippen molar-refractivity contribution in [3.8, 4) is 0 Å². The number of imide groups is 1. The quantitative estimate of drug-likeness (QED) is 0.643. The zero-order valence-corrected chi connectivity index (χ0v) is 19.7. The summed E-state index contributed by atoms with van der Waals surface area (Å²) in [6.45, 7) is 7.88. The molecule has 34 heavy (non-hydrogen) atoms. The first kappa shape index (κ1) is 22.3. The maximum Gasteiger partial charge on any atom is 0.262 e. The normalized spacial score (nSPS) is 19.5. The van der Waals surface area contributed by atoms with Crippen LogP contribution in [0.4, 0.5) is 11.6 Å². The largest absolute Gasteiger partial charge is 0.356 e. The van der Waals surface area contributed by atoms with Gasteiger partial charge in [-0.1, -0.05) is 12.1 Å². The lowest BCUT2D eigenvalue weighted by atomic mass is 10.1. The third-order valence-electron chi connectivity index (χ3n) is 6.98. The molecule has 2 saturated heterocycles. The Morgan fingerprint density at radius 3 is 1.91 bits per heavy atom. The second kappa shape index (κ2) is 9.04. The number of aryl methyl sites for hydroxylation is 1. The maximum atomic E-state index is 13.2. The zero-order chi connectivity index (χ0) is 23.8. The van der Waals surface area contributed by atoms with Crippen molar-refractivity contribution >= 4 is 29.4 Å². The number of hydrogen-bond acceptors (Lipinski definition) is 7. The van der Waals surface area contributed by atoms with Crippen LogP contribution >= 0.6 is 0 Å². The van der Waals surface area contributed by atoms with Gasteiger partial charge in [0.2, 0.25) is 5.91 Å². The van der Waals surface area contributed by atoms with Gasteiger partial charge in [0, 0.05) is 45.3 Å². The summed E-state index contributed by atoms with van der Waals surface area (Å²) in [5.74, 6) is 1.59. The molecule has 9 nitrogen and oxygen atoms in total. The van der Waals surface area contributed by atoms with Gasteiger partial charge in [0.05, 0.1) is 11.1 Å². The van der Waals surface area contributed by atoms with Crippen LogP contribution in [0.5, 0.6) is 0 Å². The number of aromatic nitrogens is 2. The topological polar surface area (TPSA) is 90.0 Å². The van der Waals surface area contributed by atoms with E-state index in [1.165, 1.54) is 19.3 Å². The Hall–Kier alpha value is -3.49. The number of anilines is 2. The van der Waals surface area contributed by atoms with Crippen LogP contribution < -0.4 is 9.80 Å². The minimum atomic E-state index is -0.842. The van der Waals surface area contributed by atoms with Gasteiger partial charge in [0.25, 0.3) is 11.8 Å². The summed E-state index contributed by atoms with van der Waals surface area (Å²) in [7, 11) is 0. The molecule has 2 aromatic rings. The van der Waals surface area contributed by atoms with Crippen molar-refractivity contribution in [1.29, 1.82) is 0 Å². The Labute approximate surface area is 199 Å². The van der Waals surface area contributed by atoms with Crippen LogP contribution in [0.15, 0.2) is 30.3 Å². The number of nitrogens with zero attached hydrogens (tertiary/aromatic N) is 6. The van der Waals surface area contributed by atoms with E-state index in [0.717, 1.165) is 35.4 Å². The van der Waals surface area contributed by atoms with Gasteiger partial charge in [-0.2, -0.15) is 0 Å². The van der Waals surface area contributed by atoms with E-state index in [1.807, 2.05) is 6.92 Å². The Kier molecular flexibility index (Phi) is 5.93. The molecule has 3 amide bonds. The zero-order valence-electron chi connectivity index (χ0n) is 19.7. The highest BCUT2D eigenvalue weighted by Crippen LogP contribution is 2.26. The summed E-state index contributed by atoms with van der Waals surface area (Å²) in [6.07, 6.45) is 3.64. The molecule has 3 aliphatic rings. The highest BCUT2D eigenvalue weighted by molar-refractivity contribution is 6.22. The molecule has 0 aliphatic carbocycles. The third-order valence-corrected chi connectivity index (χ3v) is 6.98. The minimum Gasteiger partial charge on any atom is -0.356 e. The van der Waals surface area contributed by atoms with Crippen molar-refractivity contribution in [3.63, 3.8) is 0 Å². The molecular weight excluding hydrogens is 432 g/mol. The maximum absolute atomic E-state index is 13.2. The summed E-state index contributed by atoms with van der Waals surface area (Å²) >= 11 is 0. The first-order chi connectivity index (χ1) is 16.4. The molecule has 1 aromatic carbocycles. The summed E-state index contributed by atoms with van der Waals surface area (Å²) in [6, 6.07) is 7.93. The molecule has 9 heteroatoms. The number of carbonyl (C=O) groups excluding carboxylic acids is 3. The van der Waals surface area contributed by atoms with Crippen molar-refractivity contribution in [2.24, 2.45) is 0 Å². The second-order valence-corrected chi connectivity index (χ2v) is 9.19. The predicted molar refractivity (Wildman–Crippen MR) is 128 cm³/mol. The highest BCUT2D eigenvalue weighted by Gasteiger charge is 2.42. The standard InChI is InChI=1S/C25H30N6O3/c1-17(31-24(33)19-8-4-5-9-20(19)25(31)34)23(32)30-14-12-29(13-15-30)22-16-21(26-18(2)27-22)28-10-6-3-7-11-28/h4-5,8-9,16-17H,3,6-7,10-15H2,1-2H3. The molecule has 0 spiro atoms. The molecule has 3 aliphatic heterocycles. The summed E-state index contributed by atoms with van der Waals surface area (Å²) < 4.78 is 0. The van der Waals surface area contributed by atoms with E-state index in [1.54, 1.807) is 36.1 Å². The number of amides is 3. The van der Waals surface area contributed by atoms with Crippen molar-refractivity contribution in [1.82, 2.24) is 19.8 Å². The molecule has 5 rings (SSSR count). The van der Waals surface area contributed by atoms with E-state index in [2.05, 4.69) is 25.8 Å². The van der Waals surface area contributed by atoms with Crippen molar-refractivity contribution in [2.75, 3.05) is 49.1 Å². The summed E-state index contributed by atoms with van der Waals surface area (Å²) in [5.41, 5.74) is 0.723. The van der Waals surface area contributed by atoms with Crippen molar-refractivity contribution in [2.45, 2.75) is 39.2 Å². The highest BCUT2D eigenvalue weighted by atomic mass is 16.2. The van der Waals surface area contributed by atoms with Gasteiger partial charge in [0.1, 0.15) is 23.5 Å². The fourth-order valence-electron chi connectivity index (χ4n) is 5.07. The van der Waals surface area contributed by atoms with E-state index >= 15 is 0 Å². The monoisotopic (exact) mass is 462 g/mol. The van der Waals surface area contributed by atoms with Crippen LogP contribution in [0, 0.1) is 6.92 Å². The van der Waals surface area contributed by atoms with E-state index in [-0.39, 0.29) is 5.91 Å². The molecule has 2 fully saturated rings. The van der Waals surface area contributed by atoms with Gasteiger partial charge in [0.15, 0.2) is 0 Å². The van der Waals surface area contributed by atoms with Gasteiger partial charge >= 0.3 is 0 Å².